The van der Waals surface area contributed by atoms with Gasteiger partial charge < -0.3 is 19.3 Å². The third-order valence-corrected chi connectivity index (χ3v) is 6.86. The van der Waals surface area contributed by atoms with E-state index in [0.717, 1.165) is 36.5 Å². The molecular weight excluding hydrogens is 533 g/mol. The second kappa shape index (κ2) is 13.6. The number of hydrogen-bond donors (Lipinski definition) is 0. The number of amides is 1. The van der Waals surface area contributed by atoms with Crippen LogP contribution >= 0.6 is 0 Å². The summed E-state index contributed by atoms with van der Waals surface area (Å²) in [5.41, 5.74) is 3.96. The van der Waals surface area contributed by atoms with Gasteiger partial charge in [0.15, 0.2) is 0 Å². The minimum atomic E-state index is -4.61. The van der Waals surface area contributed by atoms with Crippen LogP contribution in [0.3, 0.4) is 0 Å². The maximum Gasteiger partial charge on any atom is 0.573 e. The summed E-state index contributed by atoms with van der Waals surface area (Å²) >= 11 is 0. The zero-order valence-electron chi connectivity index (χ0n) is 25.2. The van der Waals surface area contributed by atoms with Crippen LogP contribution in [0, 0.1) is 12.8 Å². The molecule has 41 heavy (non-hydrogen) atoms. The van der Waals surface area contributed by atoms with Gasteiger partial charge in [-0.3, -0.25) is 0 Å². The second-order valence-electron chi connectivity index (χ2n) is 11.6. The highest BCUT2D eigenvalue weighted by molar-refractivity contribution is 5.79. The molecule has 10 heteroatoms. The molecule has 226 valence electrons. The van der Waals surface area contributed by atoms with E-state index in [1.165, 1.54) is 36.1 Å². The van der Waals surface area contributed by atoms with Crippen LogP contribution in [0.4, 0.5) is 23.8 Å². The summed E-state index contributed by atoms with van der Waals surface area (Å²) in [6.07, 6.45) is 3.18. The Morgan fingerprint density at radius 1 is 1.15 bits per heavy atom. The lowest BCUT2D eigenvalue weighted by molar-refractivity contribution is -0.274. The molecule has 1 saturated carbocycles. The number of alkyl halides is 3. The number of hydrogen-bond acceptors (Lipinski definition) is 6. The van der Waals surface area contributed by atoms with E-state index in [9.17, 15) is 18.0 Å². The molecule has 7 nitrogen and oxygen atoms in total. The molecule has 2 aliphatic rings. The topological polar surface area (TPSA) is 67.8 Å². The highest BCUT2D eigenvalue weighted by atomic mass is 19.4. The lowest BCUT2D eigenvalue weighted by atomic mass is 9.99. The Kier molecular flexibility index (Phi) is 10.7. The minimum absolute atomic E-state index is 0.150. The normalized spacial score (nSPS) is 18.0. The maximum absolute atomic E-state index is 12.4. The van der Waals surface area contributed by atoms with E-state index in [0.29, 0.717) is 19.0 Å². The molecule has 4 rings (SSSR count). The Labute approximate surface area is 241 Å². The number of benzene rings is 1. The third-order valence-electron chi connectivity index (χ3n) is 6.86. The minimum Gasteiger partial charge on any atom is -0.444 e. The average Bonchev–Trinajstić information content (AvgIpc) is 3.70. The van der Waals surface area contributed by atoms with Gasteiger partial charge in [0.2, 0.25) is 0 Å². The van der Waals surface area contributed by atoms with E-state index in [1.807, 2.05) is 27.7 Å². The number of rotatable bonds is 6. The predicted molar refractivity (Wildman–Crippen MR) is 155 cm³/mol. The summed E-state index contributed by atoms with van der Waals surface area (Å²) in [5.74, 6) is 1.49. The first-order valence-corrected chi connectivity index (χ1v) is 14.3. The van der Waals surface area contributed by atoms with E-state index < -0.39 is 12.0 Å². The van der Waals surface area contributed by atoms with Gasteiger partial charge >= 0.3 is 12.5 Å². The van der Waals surface area contributed by atoms with Gasteiger partial charge in [-0.15, -0.1) is 13.2 Å². The number of anilines is 1. The molecule has 2 aromatic rings. The zero-order chi connectivity index (χ0) is 30.4. The summed E-state index contributed by atoms with van der Waals surface area (Å²) < 4.78 is 44.8. The molecular formula is C31H43F3N4O3. The standard InChI is InChI=1S/C21H32N4O2.C10H11F3O/c1-7-17(16-8-9-16)18-15(3)22-13-23-19(18)25-11-10-24(12-14(25)2)20(26)27-21(4,5)6;1-2-4-8-5-3-6-9(7-8)14-10(11,12)13/h7,13-14,16H,8-12H2,1-6H3;3,5-7H,2,4H2,1H3/b17-7-;. The number of carbonyl (C=O) groups is 1. The van der Waals surface area contributed by atoms with Gasteiger partial charge in [-0.25, -0.2) is 14.8 Å². The maximum atomic E-state index is 12.4. The second-order valence-corrected chi connectivity index (χ2v) is 11.6. The van der Waals surface area contributed by atoms with Crippen LogP contribution in [0.25, 0.3) is 5.57 Å². The molecule has 0 spiro atoms. The molecule has 2 heterocycles. The average molecular weight is 577 g/mol. The predicted octanol–water partition coefficient (Wildman–Crippen LogP) is 7.58. The highest BCUT2D eigenvalue weighted by Crippen LogP contribution is 2.45. The lowest BCUT2D eigenvalue weighted by Crippen LogP contribution is -2.55. The molecule has 0 radical (unpaired) electrons. The van der Waals surface area contributed by atoms with Gasteiger partial charge in [0.05, 0.1) is 5.69 Å². The number of piperazine rings is 1. The van der Waals surface area contributed by atoms with E-state index in [1.54, 1.807) is 23.4 Å². The first-order valence-electron chi connectivity index (χ1n) is 14.3. The smallest absolute Gasteiger partial charge is 0.444 e. The van der Waals surface area contributed by atoms with Crippen molar-refractivity contribution in [2.45, 2.75) is 92.2 Å². The molecule has 1 unspecified atom stereocenters. The first-order chi connectivity index (χ1) is 19.2. The zero-order valence-corrected chi connectivity index (χ0v) is 25.2. The Hall–Kier alpha value is -3.30. The number of ether oxygens (including phenoxy) is 2. The van der Waals surface area contributed by atoms with Crippen molar-refractivity contribution in [3.8, 4) is 5.75 Å². The summed E-state index contributed by atoms with van der Waals surface area (Å²) in [5, 5.41) is 0. The van der Waals surface area contributed by atoms with Crippen LogP contribution in [0.5, 0.6) is 5.75 Å². The fourth-order valence-corrected chi connectivity index (χ4v) is 4.95. The van der Waals surface area contributed by atoms with E-state index in [-0.39, 0.29) is 17.9 Å². The van der Waals surface area contributed by atoms with Crippen molar-refractivity contribution < 1.29 is 27.4 Å². The van der Waals surface area contributed by atoms with Crippen LogP contribution < -0.4 is 9.64 Å². The molecule has 1 atom stereocenters. The van der Waals surface area contributed by atoms with Crippen LogP contribution in [0.2, 0.25) is 0 Å². The van der Waals surface area contributed by atoms with E-state index in [4.69, 9.17) is 4.74 Å². The van der Waals surface area contributed by atoms with E-state index >= 15 is 0 Å². The number of halogens is 3. The summed E-state index contributed by atoms with van der Waals surface area (Å²) in [6, 6.07) is 6.22. The summed E-state index contributed by atoms with van der Waals surface area (Å²) in [6.45, 7) is 16.0. The van der Waals surface area contributed by atoms with Crippen molar-refractivity contribution >= 4 is 17.5 Å². The van der Waals surface area contributed by atoms with Gasteiger partial charge in [-0.05, 0) is 90.0 Å². The SMILES string of the molecule is C/C=C(\c1c(C)ncnc1N1CCN(C(=O)OC(C)(C)C)CC1C)C1CC1.CCCc1cccc(OC(F)(F)F)c1. The largest absolute Gasteiger partial charge is 0.573 e. The number of allylic oxidation sites excluding steroid dienone is 2. The molecule has 0 bridgehead atoms. The van der Waals surface area contributed by atoms with Gasteiger partial charge in [0.1, 0.15) is 23.5 Å². The van der Waals surface area contributed by atoms with Crippen molar-refractivity contribution in [2.24, 2.45) is 5.92 Å². The molecule has 1 aliphatic heterocycles. The molecule has 1 aliphatic carbocycles. The molecule has 1 amide bonds. The van der Waals surface area contributed by atoms with Crippen molar-refractivity contribution in [1.29, 1.82) is 0 Å². The fourth-order valence-electron chi connectivity index (χ4n) is 4.95. The third kappa shape index (κ3) is 9.64. The molecule has 1 saturated heterocycles. The molecule has 1 aromatic heterocycles. The number of nitrogens with zero attached hydrogens (tertiary/aromatic N) is 4. The molecule has 0 N–H and O–H groups in total. The molecule has 1 aromatic carbocycles. The number of carbonyl (C=O) groups excluding carboxylic acids is 1. The number of aryl methyl sites for hydroxylation is 2. The fraction of sp³-hybridized carbons (Fsp3) is 0.581. The van der Waals surface area contributed by atoms with Crippen molar-refractivity contribution in [3.63, 3.8) is 0 Å². The van der Waals surface area contributed by atoms with Crippen molar-refractivity contribution in [1.82, 2.24) is 14.9 Å². The quantitative estimate of drug-likeness (QED) is 0.353. The van der Waals surface area contributed by atoms with Gasteiger partial charge in [-0.1, -0.05) is 31.6 Å². The van der Waals surface area contributed by atoms with Crippen LogP contribution in [0.15, 0.2) is 36.7 Å². The summed E-state index contributed by atoms with van der Waals surface area (Å²) in [7, 11) is 0. The number of aromatic nitrogens is 2. The first kappa shape index (κ1) is 32.2. The Balaban J connectivity index is 0.000000278. The Bertz CT molecular complexity index is 1210. The Morgan fingerprint density at radius 2 is 1.85 bits per heavy atom. The summed E-state index contributed by atoms with van der Waals surface area (Å²) in [4.78, 5) is 25.7. The van der Waals surface area contributed by atoms with Gasteiger partial charge in [-0.2, -0.15) is 0 Å². The van der Waals surface area contributed by atoms with Crippen LogP contribution in [-0.4, -0.2) is 58.6 Å². The monoisotopic (exact) mass is 576 g/mol. The van der Waals surface area contributed by atoms with Crippen molar-refractivity contribution in [3.05, 3.63) is 53.5 Å². The van der Waals surface area contributed by atoms with E-state index in [2.05, 4.69) is 46.5 Å². The van der Waals surface area contributed by atoms with Gasteiger partial charge in [0.25, 0.3) is 0 Å². The van der Waals surface area contributed by atoms with Crippen molar-refractivity contribution in [2.75, 3.05) is 24.5 Å². The molecule has 2 fully saturated rings. The highest BCUT2D eigenvalue weighted by Gasteiger charge is 2.35. The lowest BCUT2D eigenvalue weighted by Gasteiger charge is -2.41. The van der Waals surface area contributed by atoms with Crippen LogP contribution in [-0.2, 0) is 11.2 Å². The van der Waals surface area contributed by atoms with Gasteiger partial charge in [0, 0.05) is 31.2 Å². The van der Waals surface area contributed by atoms with Crippen LogP contribution in [0.1, 0.15) is 77.6 Å². The Morgan fingerprint density at radius 3 is 2.41 bits per heavy atom.